The Kier molecular flexibility index (Phi) is 2.18. The number of nitrogens with one attached hydrogen (secondary N) is 1. The average Bonchev–Trinajstić information content (AvgIpc) is 2.18. The topological polar surface area (TPSA) is 41.6 Å². The molecular weight excluding hydrogens is 140 g/mol. The summed E-state index contributed by atoms with van der Waals surface area (Å²) in [5.41, 5.74) is 0. The van der Waals surface area contributed by atoms with Crippen LogP contribution >= 0.6 is 12.8 Å². The molecule has 0 aromatic rings. The van der Waals surface area contributed by atoms with Crippen LogP contribution in [0.4, 0.5) is 4.79 Å². The van der Waals surface area contributed by atoms with Gasteiger partial charge in [0.25, 0.3) is 0 Å². The second-order valence-corrected chi connectivity index (χ2v) is 2.01. The molecule has 0 spiro atoms. The zero-order valence-corrected chi connectivity index (χ0v) is 5.73. The minimum Gasteiger partial charge on any atom is -0.447 e. The number of rotatable bonds is 2. The van der Waals surface area contributed by atoms with Crippen LogP contribution in [0.2, 0.25) is 0 Å². The summed E-state index contributed by atoms with van der Waals surface area (Å²) in [5, 5.41) is 0. The van der Waals surface area contributed by atoms with Crippen LogP contribution in [0, 0.1) is 0 Å². The van der Waals surface area contributed by atoms with Gasteiger partial charge in [-0.3, -0.25) is 4.90 Å². The number of carbonyl (C=O) groups is 1. The van der Waals surface area contributed by atoms with E-state index in [9.17, 15) is 4.79 Å². The summed E-state index contributed by atoms with van der Waals surface area (Å²) in [6, 6.07) is 0. The van der Waals surface area contributed by atoms with E-state index in [0.29, 0.717) is 19.8 Å². The van der Waals surface area contributed by atoms with E-state index in [1.165, 1.54) is 4.90 Å². The Balaban J connectivity index is 2.31. The van der Waals surface area contributed by atoms with E-state index in [0.717, 1.165) is 0 Å². The van der Waals surface area contributed by atoms with Crippen molar-refractivity contribution in [2.75, 3.05) is 19.8 Å². The standard InChI is InChI=1S/C4H8N2O2S/c7-4-6(3-5-9)1-2-8-4/h5,9H,1-3H2. The fourth-order valence-electron chi connectivity index (χ4n) is 0.655. The maximum Gasteiger partial charge on any atom is 0.411 e. The Hall–Kier alpha value is -0.420. The number of hydrogen-bond donors (Lipinski definition) is 2. The van der Waals surface area contributed by atoms with E-state index in [4.69, 9.17) is 0 Å². The molecule has 1 aliphatic rings. The van der Waals surface area contributed by atoms with Gasteiger partial charge in [-0.05, 0) is 0 Å². The lowest BCUT2D eigenvalue weighted by Crippen LogP contribution is -2.30. The maximum absolute atomic E-state index is 10.6. The summed E-state index contributed by atoms with van der Waals surface area (Å²) in [4.78, 5) is 12.1. The smallest absolute Gasteiger partial charge is 0.411 e. The molecule has 52 valence electrons. The van der Waals surface area contributed by atoms with Crippen LogP contribution in [0.3, 0.4) is 0 Å². The first-order chi connectivity index (χ1) is 4.34. The molecule has 1 heterocycles. The van der Waals surface area contributed by atoms with Gasteiger partial charge in [0, 0.05) is 0 Å². The van der Waals surface area contributed by atoms with Crippen molar-refractivity contribution in [1.29, 1.82) is 0 Å². The summed E-state index contributed by atoms with van der Waals surface area (Å²) in [5.74, 6) is 0. The van der Waals surface area contributed by atoms with Crippen molar-refractivity contribution in [3.63, 3.8) is 0 Å². The highest BCUT2D eigenvalue weighted by Gasteiger charge is 2.20. The Morgan fingerprint density at radius 2 is 2.67 bits per heavy atom. The average molecular weight is 148 g/mol. The molecule has 0 aliphatic carbocycles. The predicted octanol–water partition coefficient (Wildman–Crippen LogP) is -0.169. The first kappa shape index (κ1) is 6.70. The third-order valence-corrected chi connectivity index (χ3v) is 1.25. The van der Waals surface area contributed by atoms with Crippen LogP contribution in [0.25, 0.3) is 0 Å². The number of carbonyl (C=O) groups excluding carboxylic acids is 1. The number of ether oxygens (including phenoxy) is 1. The van der Waals surface area contributed by atoms with E-state index in [1.807, 2.05) is 0 Å². The summed E-state index contributed by atoms with van der Waals surface area (Å²) in [7, 11) is 0. The Labute approximate surface area is 58.7 Å². The van der Waals surface area contributed by atoms with Crippen molar-refractivity contribution in [1.82, 2.24) is 9.62 Å². The van der Waals surface area contributed by atoms with Gasteiger partial charge in [0.05, 0.1) is 13.2 Å². The van der Waals surface area contributed by atoms with Crippen molar-refractivity contribution in [2.45, 2.75) is 0 Å². The van der Waals surface area contributed by atoms with Crippen LogP contribution in [-0.4, -0.2) is 30.8 Å². The largest absolute Gasteiger partial charge is 0.447 e. The van der Waals surface area contributed by atoms with Gasteiger partial charge in [-0.1, -0.05) is 12.8 Å². The van der Waals surface area contributed by atoms with E-state index < -0.39 is 0 Å². The van der Waals surface area contributed by atoms with Crippen molar-refractivity contribution in [2.24, 2.45) is 0 Å². The molecule has 0 unspecified atom stereocenters. The van der Waals surface area contributed by atoms with Gasteiger partial charge in [-0.15, -0.1) is 0 Å². The molecule has 5 heteroatoms. The summed E-state index contributed by atoms with van der Waals surface area (Å²) < 4.78 is 7.19. The lowest BCUT2D eigenvalue weighted by atomic mass is 10.6. The second-order valence-electron chi connectivity index (χ2n) is 1.69. The highest BCUT2D eigenvalue weighted by molar-refractivity contribution is 7.78. The Bertz CT molecular complexity index is 119. The van der Waals surface area contributed by atoms with E-state index >= 15 is 0 Å². The molecule has 0 atom stereocenters. The van der Waals surface area contributed by atoms with Crippen LogP contribution in [0.1, 0.15) is 0 Å². The zero-order valence-electron chi connectivity index (χ0n) is 4.83. The summed E-state index contributed by atoms with van der Waals surface area (Å²) in [6.07, 6.45) is -0.267. The third-order valence-electron chi connectivity index (χ3n) is 1.11. The predicted molar refractivity (Wildman–Crippen MR) is 35.0 cm³/mol. The second kappa shape index (κ2) is 2.93. The first-order valence-corrected chi connectivity index (χ1v) is 3.08. The van der Waals surface area contributed by atoms with Crippen LogP contribution in [0.15, 0.2) is 0 Å². The maximum atomic E-state index is 10.6. The number of cyclic esters (lactones) is 1. The normalized spacial score (nSPS) is 18.3. The Morgan fingerprint density at radius 3 is 3.11 bits per heavy atom. The van der Waals surface area contributed by atoms with Crippen molar-refractivity contribution < 1.29 is 9.53 Å². The highest BCUT2D eigenvalue weighted by Crippen LogP contribution is 2.00. The van der Waals surface area contributed by atoms with E-state index in [-0.39, 0.29) is 6.09 Å². The lowest BCUT2D eigenvalue weighted by molar-refractivity contribution is 0.158. The lowest BCUT2D eigenvalue weighted by Gasteiger charge is -2.09. The van der Waals surface area contributed by atoms with Gasteiger partial charge in [-0.2, -0.15) is 0 Å². The molecule has 9 heavy (non-hydrogen) atoms. The number of amides is 1. The molecule has 1 saturated heterocycles. The van der Waals surface area contributed by atoms with Crippen LogP contribution in [0.5, 0.6) is 0 Å². The molecule has 0 radical (unpaired) electrons. The Morgan fingerprint density at radius 1 is 1.89 bits per heavy atom. The molecule has 1 fully saturated rings. The molecule has 0 aromatic heterocycles. The van der Waals surface area contributed by atoms with Gasteiger partial charge < -0.3 is 4.74 Å². The first-order valence-electron chi connectivity index (χ1n) is 2.63. The summed E-state index contributed by atoms with van der Waals surface area (Å²) in [6.45, 7) is 1.60. The third kappa shape index (κ3) is 1.49. The van der Waals surface area contributed by atoms with Gasteiger partial charge in [0.1, 0.15) is 6.61 Å². The monoisotopic (exact) mass is 148 g/mol. The van der Waals surface area contributed by atoms with E-state index in [2.05, 4.69) is 22.3 Å². The molecule has 4 nitrogen and oxygen atoms in total. The molecule has 1 rings (SSSR count). The SMILES string of the molecule is O=C1OCCN1CNS. The van der Waals surface area contributed by atoms with Gasteiger partial charge in [0.15, 0.2) is 0 Å². The highest BCUT2D eigenvalue weighted by atomic mass is 32.1. The fraction of sp³-hybridized carbons (Fsp3) is 0.750. The summed E-state index contributed by atoms with van der Waals surface area (Å²) >= 11 is 3.74. The molecule has 1 aliphatic heterocycles. The molecule has 0 bridgehead atoms. The minimum absolute atomic E-state index is 0.267. The van der Waals surface area contributed by atoms with Crippen molar-refractivity contribution >= 4 is 18.9 Å². The number of hydrogen-bond acceptors (Lipinski definition) is 4. The molecular formula is C4H8N2O2S. The zero-order chi connectivity index (χ0) is 6.69. The van der Waals surface area contributed by atoms with Crippen LogP contribution < -0.4 is 4.72 Å². The van der Waals surface area contributed by atoms with E-state index in [1.54, 1.807) is 0 Å². The minimum atomic E-state index is -0.267. The molecule has 0 aromatic carbocycles. The van der Waals surface area contributed by atoms with Gasteiger partial charge >= 0.3 is 6.09 Å². The quantitative estimate of drug-likeness (QED) is 0.534. The molecule has 0 saturated carbocycles. The van der Waals surface area contributed by atoms with Crippen molar-refractivity contribution in [3.05, 3.63) is 0 Å². The van der Waals surface area contributed by atoms with Crippen molar-refractivity contribution in [3.8, 4) is 0 Å². The van der Waals surface area contributed by atoms with Gasteiger partial charge in [0.2, 0.25) is 0 Å². The fourth-order valence-corrected chi connectivity index (χ4v) is 0.825. The molecule has 1 amide bonds. The van der Waals surface area contributed by atoms with Crippen LogP contribution in [-0.2, 0) is 4.74 Å². The number of nitrogens with zero attached hydrogens (tertiary/aromatic N) is 1. The molecule has 1 N–H and O–H groups in total. The van der Waals surface area contributed by atoms with Gasteiger partial charge in [-0.25, -0.2) is 9.52 Å². The number of thiol groups is 1.